The summed E-state index contributed by atoms with van der Waals surface area (Å²) in [5, 5.41) is 10.3. The lowest BCUT2D eigenvalue weighted by molar-refractivity contribution is 0.0571. The van der Waals surface area contributed by atoms with Gasteiger partial charge in [0.2, 0.25) is 0 Å². The molecule has 0 amide bonds. The van der Waals surface area contributed by atoms with E-state index in [0.29, 0.717) is 11.1 Å². The van der Waals surface area contributed by atoms with Gasteiger partial charge in [0.05, 0.1) is 5.60 Å². The van der Waals surface area contributed by atoms with Crippen LogP contribution >= 0.6 is 0 Å². The van der Waals surface area contributed by atoms with Gasteiger partial charge in [-0.15, -0.1) is 0 Å². The topological polar surface area (TPSA) is 33.1 Å². The van der Waals surface area contributed by atoms with Gasteiger partial charge in [0.1, 0.15) is 11.6 Å². The summed E-state index contributed by atoms with van der Waals surface area (Å²) in [7, 11) is 0. The molecule has 18 heavy (non-hydrogen) atoms. The predicted molar refractivity (Wildman–Crippen MR) is 63.9 cm³/mol. The molecular weight excluding hydrogens is 236 g/mol. The number of rotatable bonds is 3. The van der Waals surface area contributed by atoms with E-state index in [2.05, 4.69) is 4.98 Å². The van der Waals surface area contributed by atoms with E-state index in [1.807, 2.05) is 0 Å². The third kappa shape index (κ3) is 2.90. The van der Waals surface area contributed by atoms with Crippen molar-refractivity contribution in [1.29, 1.82) is 0 Å². The van der Waals surface area contributed by atoms with Crippen LogP contribution in [0.5, 0.6) is 0 Å². The Bertz CT molecular complexity index is 520. The minimum Gasteiger partial charge on any atom is -0.385 e. The average Bonchev–Trinajstić information content (AvgIpc) is 2.28. The molecule has 2 nitrogen and oxygen atoms in total. The number of hydrogen-bond acceptors (Lipinski definition) is 2. The summed E-state index contributed by atoms with van der Waals surface area (Å²) in [6.45, 7) is 1.59. The van der Waals surface area contributed by atoms with Crippen molar-refractivity contribution in [2.75, 3.05) is 0 Å². The van der Waals surface area contributed by atoms with Gasteiger partial charge in [-0.2, -0.15) is 0 Å². The van der Waals surface area contributed by atoms with E-state index in [1.54, 1.807) is 25.3 Å². The zero-order valence-electron chi connectivity index (χ0n) is 9.90. The zero-order chi connectivity index (χ0) is 13.2. The zero-order valence-corrected chi connectivity index (χ0v) is 9.90. The lowest BCUT2D eigenvalue weighted by Gasteiger charge is -2.23. The molecule has 2 aromatic rings. The van der Waals surface area contributed by atoms with Crippen LogP contribution in [0.3, 0.4) is 0 Å². The molecule has 1 aromatic carbocycles. The van der Waals surface area contributed by atoms with E-state index >= 15 is 0 Å². The molecule has 1 aromatic heterocycles. The van der Waals surface area contributed by atoms with Crippen molar-refractivity contribution >= 4 is 0 Å². The van der Waals surface area contributed by atoms with Crippen molar-refractivity contribution in [1.82, 2.24) is 4.98 Å². The van der Waals surface area contributed by atoms with E-state index in [4.69, 9.17) is 0 Å². The van der Waals surface area contributed by atoms with Crippen LogP contribution in [0.2, 0.25) is 0 Å². The Morgan fingerprint density at radius 3 is 2.44 bits per heavy atom. The Balaban J connectivity index is 2.27. The number of hydrogen-bond donors (Lipinski definition) is 1. The summed E-state index contributed by atoms with van der Waals surface area (Å²) >= 11 is 0. The summed E-state index contributed by atoms with van der Waals surface area (Å²) in [5.41, 5.74) is -0.204. The van der Waals surface area contributed by atoms with Crippen molar-refractivity contribution in [2.45, 2.75) is 18.9 Å². The molecule has 0 aliphatic carbocycles. The number of aromatic nitrogens is 1. The monoisotopic (exact) mass is 249 g/mol. The van der Waals surface area contributed by atoms with E-state index < -0.39 is 17.2 Å². The fraction of sp³-hybridized carbons (Fsp3) is 0.214. The van der Waals surface area contributed by atoms with Crippen LogP contribution in [0.25, 0.3) is 0 Å². The van der Waals surface area contributed by atoms with Gasteiger partial charge in [-0.3, -0.25) is 4.98 Å². The molecule has 1 N–H and O–H groups in total. The maximum Gasteiger partial charge on any atom is 0.126 e. The molecule has 1 atom stereocenters. The molecule has 1 heterocycles. The summed E-state index contributed by atoms with van der Waals surface area (Å²) in [6, 6.07) is 6.67. The van der Waals surface area contributed by atoms with E-state index in [0.717, 1.165) is 6.07 Å². The van der Waals surface area contributed by atoms with Gasteiger partial charge in [-0.25, -0.2) is 8.78 Å². The van der Waals surface area contributed by atoms with Crippen LogP contribution in [-0.4, -0.2) is 10.1 Å². The summed E-state index contributed by atoms with van der Waals surface area (Å²) in [6.07, 6.45) is 3.25. The van der Waals surface area contributed by atoms with Gasteiger partial charge >= 0.3 is 0 Å². The van der Waals surface area contributed by atoms with Crippen molar-refractivity contribution < 1.29 is 13.9 Å². The number of nitrogens with zero attached hydrogens (tertiary/aromatic N) is 1. The average molecular weight is 249 g/mol. The molecular formula is C14H13F2NO. The Hall–Kier alpha value is -1.81. The molecule has 4 heteroatoms. The molecule has 0 saturated carbocycles. The molecule has 0 aliphatic rings. The highest BCUT2D eigenvalue weighted by Crippen LogP contribution is 2.25. The Morgan fingerprint density at radius 1 is 1.22 bits per heavy atom. The molecule has 1 unspecified atom stereocenters. The highest BCUT2D eigenvalue weighted by atomic mass is 19.1. The lowest BCUT2D eigenvalue weighted by atomic mass is 9.90. The second-order valence-corrected chi connectivity index (χ2v) is 4.47. The third-order valence-electron chi connectivity index (χ3n) is 2.75. The van der Waals surface area contributed by atoms with Gasteiger partial charge in [-0.05, 0) is 30.7 Å². The summed E-state index contributed by atoms with van der Waals surface area (Å²) < 4.78 is 26.1. The maximum absolute atomic E-state index is 13.1. The van der Waals surface area contributed by atoms with Gasteiger partial charge in [0.25, 0.3) is 0 Å². The van der Waals surface area contributed by atoms with Crippen molar-refractivity contribution in [3.05, 3.63) is 65.5 Å². The Labute approximate surface area is 104 Å². The van der Waals surface area contributed by atoms with Crippen LogP contribution in [0.1, 0.15) is 18.1 Å². The summed E-state index contributed by atoms with van der Waals surface area (Å²) in [4.78, 5) is 3.92. The predicted octanol–water partition coefficient (Wildman–Crippen LogP) is 2.81. The van der Waals surface area contributed by atoms with Gasteiger partial charge < -0.3 is 5.11 Å². The van der Waals surface area contributed by atoms with Crippen molar-refractivity contribution in [3.63, 3.8) is 0 Å². The van der Waals surface area contributed by atoms with Crippen LogP contribution in [0.4, 0.5) is 8.78 Å². The largest absolute Gasteiger partial charge is 0.385 e. The third-order valence-corrected chi connectivity index (χ3v) is 2.75. The first-order valence-electron chi connectivity index (χ1n) is 5.55. The first kappa shape index (κ1) is 12.6. The SMILES string of the molecule is CC(O)(Cc1cc(F)cc(F)c1)c1cccnc1. The number of benzene rings is 1. The van der Waals surface area contributed by atoms with Crippen LogP contribution in [0.15, 0.2) is 42.7 Å². The van der Waals surface area contributed by atoms with Crippen LogP contribution in [-0.2, 0) is 12.0 Å². The van der Waals surface area contributed by atoms with Crippen molar-refractivity contribution in [3.8, 4) is 0 Å². The second kappa shape index (κ2) is 4.82. The smallest absolute Gasteiger partial charge is 0.126 e. The molecule has 0 bridgehead atoms. The highest BCUT2D eigenvalue weighted by molar-refractivity contribution is 5.24. The highest BCUT2D eigenvalue weighted by Gasteiger charge is 2.24. The fourth-order valence-corrected chi connectivity index (χ4v) is 1.89. The molecule has 0 radical (unpaired) electrons. The van der Waals surface area contributed by atoms with E-state index in [-0.39, 0.29) is 6.42 Å². The summed E-state index contributed by atoms with van der Waals surface area (Å²) in [5.74, 6) is -1.29. The first-order valence-corrected chi connectivity index (χ1v) is 5.55. The molecule has 0 aliphatic heterocycles. The fourth-order valence-electron chi connectivity index (χ4n) is 1.89. The van der Waals surface area contributed by atoms with Gasteiger partial charge in [-0.1, -0.05) is 6.07 Å². The minimum atomic E-state index is -1.21. The molecule has 0 saturated heterocycles. The van der Waals surface area contributed by atoms with Crippen LogP contribution < -0.4 is 0 Å². The second-order valence-electron chi connectivity index (χ2n) is 4.47. The van der Waals surface area contributed by atoms with Crippen molar-refractivity contribution in [2.24, 2.45) is 0 Å². The number of pyridine rings is 1. The van der Waals surface area contributed by atoms with Gasteiger partial charge in [0.15, 0.2) is 0 Å². The minimum absolute atomic E-state index is 0.118. The van der Waals surface area contributed by atoms with E-state index in [1.165, 1.54) is 18.3 Å². The van der Waals surface area contributed by atoms with E-state index in [9.17, 15) is 13.9 Å². The normalized spacial score (nSPS) is 14.2. The molecule has 94 valence electrons. The Kier molecular flexibility index (Phi) is 3.39. The lowest BCUT2D eigenvalue weighted by Crippen LogP contribution is -2.24. The first-order chi connectivity index (χ1) is 8.47. The molecule has 2 rings (SSSR count). The number of aliphatic hydroxyl groups is 1. The van der Waals surface area contributed by atoms with Crippen LogP contribution in [0, 0.1) is 11.6 Å². The Morgan fingerprint density at radius 2 is 1.89 bits per heavy atom. The standard InChI is InChI=1S/C14H13F2NO/c1-14(18,11-3-2-4-17-9-11)8-10-5-12(15)7-13(16)6-10/h2-7,9,18H,8H2,1H3. The maximum atomic E-state index is 13.1. The number of halogens is 2. The molecule has 0 fully saturated rings. The van der Waals surface area contributed by atoms with Gasteiger partial charge in [0, 0.05) is 30.4 Å². The quantitative estimate of drug-likeness (QED) is 0.907. The molecule has 0 spiro atoms.